The predicted molar refractivity (Wildman–Crippen MR) is 61.8 cm³/mol. The quantitative estimate of drug-likeness (QED) is 0.877. The number of rotatable bonds is 3. The van der Waals surface area contributed by atoms with Gasteiger partial charge in [0.1, 0.15) is 12.4 Å². The van der Waals surface area contributed by atoms with E-state index in [1.807, 2.05) is 0 Å². The molecule has 2 aromatic rings. The molecule has 0 atom stereocenters. The number of hydrogen-bond donors (Lipinski definition) is 2. The molecule has 0 aliphatic rings. The molecular formula is C11H8FNO3S. The molecule has 0 radical (unpaired) electrons. The molecule has 0 aliphatic carbocycles. The van der Waals surface area contributed by atoms with Crippen molar-refractivity contribution in [3.05, 3.63) is 35.0 Å². The number of thiophene rings is 1. The van der Waals surface area contributed by atoms with Gasteiger partial charge in [0.25, 0.3) is 5.91 Å². The van der Waals surface area contributed by atoms with Gasteiger partial charge in [-0.05, 0) is 23.6 Å². The molecule has 0 spiro atoms. The summed E-state index contributed by atoms with van der Waals surface area (Å²) in [5.41, 5.74) is 0. The number of carbonyl (C=O) groups is 2. The summed E-state index contributed by atoms with van der Waals surface area (Å²) in [5, 5.41) is 11.4. The van der Waals surface area contributed by atoms with Crippen molar-refractivity contribution in [1.82, 2.24) is 5.32 Å². The summed E-state index contributed by atoms with van der Waals surface area (Å²) in [6.07, 6.45) is 0. The lowest BCUT2D eigenvalue weighted by atomic mass is 10.2. The van der Waals surface area contributed by atoms with Crippen molar-refractivity contribution in [1.29, 1.82) is 0 Å². The summed E-state index contributed by atoms with van der Waals surface area (Å²) in [6, 6.07) is 5.84. The summed E-state index contributed by atoms with van der Waals surface area (Å²) in [7, 11) is 0. The van der Waals surface area contributed by atoms with Gasteiger partial charge in [-0.15, -0.1) is 11.3 Å². The van der Waals surface area contributed by atoms with Crippen LogP contribution in [0.25, 0.3) is 10.1 Å². The molecule has 88 valence electrons. The summed E-state index contributed by atoms with van der Waals surface area (Å²) in [4.78, 5) is 22.2. The zero-order valence-corrected chi connectivity index (χ0v) is 9.38. The molecule has 0 fully saturated rings. The molecule has 0 unspecified atom stereocenters. The number of halogens is 1. The van der Waals surface area contributed by atoms with E-state index >= 15 is 0 Å². The van der Waals surface area contributed by atoms with Crippen molar-refractivity contribution in [2.45, 2.75) is 0 Å². The van der Waals surface area contributed by atoms with Crippen molar-refractivity contribution in [2.75, 3.05) is 6.54 Å². The molecule has 2 N–H and O–H groups in total. The Kier molecular flexibility index (Phi) is 3.06. The molecule has 4 nitrogen and oxygen atoms in total. The van der Waals surface area contributed by atoms with Crippen molar-refractivity contribution in [2.24, 2.45) is 0 Å². The summed E-state index contributed by atoms with van der Waals surface area (Å²) in [6.45, 7) is -0.429. The van der Waals surface area contributed by atoms with Gasteiger partial charge in [0, 0.05) is 4.70 Å². The van der Waals surface area contributed by atoms with Crippen molar-refractivity contribution >= 4 is 33.3 Å². The number of carboxylic acid groups (broad SMARTS) is 1. The van der Waals surface area contributed by atoms with Crippen molar-refractivity contribution in [3.8, 4) is 0 Å². The van der Waals surface area contributed by atoms with E-state index in [0.29, 0.717) is 9.58 Å². The Morgan fingerprint density at radius 2 is 2.12 bits per heavy atom. The lowest BCUT2D eigenvalue weighted by molar-refractivity contribution is -0.135. The van der Waals surface area contributed by atoms with E-state index in [1.165, 1.54) is 12.1 Å². The number of carboxylic acids is 1. The fourth-order valence-electron chi connectivity index (χ4n) is 1.36. The first kappa shape index (κ1) is 11.5. The molecule has 2 rings (SSSR count). The standard InChI is InChI=1S/C11H8FNO3S/c12-7-2-1-6-3-9(17-8(6)4-7)11(16)13-5-10(14)15/h1-4H,5H2,(H,13,16)(H,14,15). The second-order valence-corrected chi connectivity index (χ2v) is 4.45. The molecule has 17 heavy (non-hydrogen) atoms. The highest BCUT2D eigenvalue weighted by Crippen LogP contribution is 2.26. The Hall–Kier alpha value is -1.95. The highest BCUT2D eigenvalue weighted by Gasteiger charge is 2.11. The third-order valence-corrected chi connectivity index (χ3v) is 3.20. The largest absolute Gasteiger partial charge is 0.480 e. The third-order valence-electron chi connectivity index (χ3n) is 2.11. The molecule has 0 bridgehead atoms. The van der Waals surface area contributed by atoms with Crippen LogP contribution in [0, 0.1) is 5.82 Å². The molecular weight excluding hydrogens is 245 g/mol. The normalized spacial score (nSPS) is 10.4. The molecule has 0 saturated heterocycles. The molecule has 0 aliphatic heterocycles. The third kappa shape index (κ3) is 2.59. The van der Waals surface area contributed by atoms with E-state index in [4.69, 9.17) is 5.11 Å². The predicted octanol–water partition coefficient (Wildman–Crippen LogP) is 1.85. The molecule has 1 amide bonds. The Labute approximate surface area is 99.7 Å². The Bertz CT molecular complexity index is 593. The first-order valence-corrected chi connectivity index (χ1v) is 5.57. The highest BCUT2D eigenvalue weighted by molar-refractivity contribution is 7.20. The van der Waals surface area contributed by atoms with E-state index in [2.05, 4.69) is 5.32 Å². The summed E-state index contributed by atoms with van der Waals surface area (Å²) >= 11 is 1.13. The van der Waals surface area contributed by atoms with Gasteiger partial charge in [-0.3, -0.25) is 9.59 Å². The van der Waals surface area contributed by atoms with Gasteiger partial charge in [-0.25, -0.2) is 4.39 Å². The number of benzene rings is 1. The minimum Gasteiger partial charge on any atom is -0.480 e. The Morgan fingerprint density at radius 3 is 2.82 bits per heavy atom. The van der Waals surface area contributed by atoms with E-state index in [9.17, 15) is 14.0 Å². The smallest absolute Gasteiger partial charge is 0.322 e. The Balaban J connectivity index is 2.24. The number of fused-ring (bicyclic) bond motifs is 1. The average Bonchev–Trinajstić information content (AvgIpc) is 2.68. The van der Waals surface area contributed by atoms with Gasteiger partial charge in [0.05, 0.1) is 4.88 Å². The minimum atomic E-state index is -1.11. The number of nitrogens with one attached hydrogen (secondary N) is 1. The molecule has 1 heterocycles. The van der Waals surface area contributed by atoms with Crippen LogP contribution in [-0.4, -0.2) is 23.5 Å². The Morgan fingerprint density at radius 1 is 1.35 bits per heavy atom. The van der Waals surface area contributed by atoms with Crippen molar-refractivity contribution in [3.63, 3.8) is 0 Å². The zero-order valence-electron chi connectivity index (χ0n) is 8.57. The molecule has 0 saturated carbocycles. The van der Waals surface area contributed by atoms with Gasteiger partial charge >= 0.3 is 5.97 Å². The number of amides is 1. The first-order chi connectivity index (χ1) is 8.06. The van der Waals surface area contributed by atoms with E-state index < -0.39 is 18.4 Å². The second-order valence-electron chi connectivity index (χ2n) is 3.37. The average molecular weight is 253 g/mol. The molecule has 6 heteroatoms. The number of hydrogen-bond acceptors (Lipinski definition) is 3. The van der Waals surface area contributed by atoms with Crippen LogP contribution >= 0.6 is 11.3 Å². The van der Waals surface area contributed by atoms with Crippen LogP contribution in [0.2, 0.25) is 0 Å². The van der Waals surface area contributed by atoms with Crippen LogP contribution in [0.5, 0.6) is 0 Å². The van der Waals surface area contributed by atoms with Gasteiger partial charge in [-0.2, -0.15) is 0 Å². The van der Waals surface area contributed by atoms with E-state index in [1.54, 1.807) is 12.1 Å². The number of carbonyl (C=O) groups excluding carboxylic acids is 1. The minimum absolute atomic E-state index is 0.364. The highest BCUT2D eigenvalue weighted by atomic mass is 32.1. The zero-order chi connectivity index (χ0) is 12.4. The van der Waals surface area contributed by atoms with Crippen LogP contribution in [0.3, 0.4) is 0 Å². The maximum Gasteiger partial charge on any atom is 0.322 e. The van der Waals surface area contributed by atoms with Gasteiger partial charge < -0.3 is 10.4 Å². The van der Waals surface area contributed by atoms with Crippen LogP contribution in [-0.2, 0) is 4.79 Å². The summed E-state index contributed by atoms with van der Waals surface area (Å²) in [5.74, 6) is -1.93. The summed E-state index contributed by atoms with van der Waals surface area (Å²) < 4.78 is 13.6. The van der Waals surface area contributed by atoms with Crippen LogP contribution in [0.15, 0.2) is 24.3 Å². The van der Waals surface area contributed by atoms with E-state index in [0.717, 1.165) is 16.7 Å². The topological polar surface area (TPSA) is 66.4 Å². The van der Waals surface area contributed by atoms with Crippen LogP contribution < -0.4 is 5.32 Å². The van der Waals surface area contributed by atoms with Crippen molar-refractivity contribution < 1.29 is 19.1 Å². The fourth-order valence-corrected chi connectivity index (χ4v) is 2.36. The van der Waals surface area contributed by atoms with Gasteiger partial charge in [-0.1, -0.05) is 6.07 Å². The second kappa shape index (κ2) is 4.50. The first-order valence-electron chi connectivity index (χ1n) is 4.75. The number of aliphatic carboxylic acids is 1. The van der Waals surface area contributed by atoms with Crippen LogP contribution in [0.4, 0.5) is 4.39 Å². The van der Waals surface area contributed by atoms with E-state index in [-0.39, 0.29) is 5.82 Å². The molecule has 1 aromatic carbocycles. The monoisotopic (exact) mass is 253 g/mol. The maximum atomic E-state index is 12.9. The SMILES string of the molecule is O=C(O)CNC(=O)c1cc2ccc(F)cc2s1. The van der Waals surface area contributed by atoms with Gasteiger partial charge in [0.2, 0.25) is 0 Å². The molecule has 1 aromatic heterocycles. The fraction of sp³-hybridized carbons (Fsp3) is 0.0909. The van der Waals surface area contributed by atoms with Crippen LogP contribution in [0.1, 0.15) is 9.67 Å². The lowest BCUT2D eigenvalue weighted by Gasteiger charge is -1.97. The maximum absolute atomic E-state index is 12.9. The lowest BCUT2D eigenvalue weighted by Crippen LogP contribution is -2.28. The van der Waals surface area contributed by atoms with Gasteiger partial charge in [0.15, 0.2) is 0 Å².